The fourth-order valence-corrected chi connectivity index (χ4v) is 0. The van der Waals surface area contributed by atoms with Crippen LogP contribution in [0.2, 0.25) is 0 Å². The Kier molecular flexibility index (Phi) is 49.8. The molecule has 2 nitrogen and oxygen atoms in total. The molecule has 0 bridgehead atoms. The van der Waals surface area contributed by atoms with Gasteiger partial charge in [-0.1, -0.05) is 0 Å². The third-order valence-electron chi connectivity index (χ3n) is 0. The van der Waals surface area contributed by atoms with E-state index in [1.165, 1.54) is 0 Å². The van der Waals surface area contributed by atoms with Crippen LogP contribution >= 0.6 is 0 Å². The van der Waals surface area contributed by atoms with Crippen LogP contribution in [0, 0.1) is 0 Å². The minimum absolute atomic E-state index is 0. The molecule has 0 spiro atoms. The number of rotatable bonds is 0. The summed E-state index contributed by atoms with van der Waals surface area (Å²) < 4.78 is 0. The molecule has 0 fully saturated rings. The van der Waals surface area contributed by atoms with Gasteiger partial charge in [-0.05, 0) is 0 Å². The normalized spacial score (nSPS) is 2.40. The van der Waals surface area contributed by atoms with E-state index in [-0.39, 0.29) is 107 Å². The summed E-state index contributed by atoms with van der Waals surface area (Å²) in [5, 5.41) is 0. The molecule has 0 aromatic rings. The Morgan fingerprint density at radius 1 is 1.60 bits per heavy atom. The third kappa shape index (κ3) is 20.4. The molecule has 0 aliphatic carbocycles. The molecule has 0 atom stereocenters. The number of carbonyl (C=O) groups excluding carboxylic acids is 1. The van der Waals surface area contributed by atoms with Gasteiger partial charge in [-0.15, -0.1) is 0 Å². The fraction of sp³-hybridized carbons (Fsp3) is 0. The van der Waals surface area contributed by atoms with Crippen molar-refractivity contribution < 1.29 is 4.79 Å². The van der Waals surface area contributed by atoms with E-state index in [2.05, 4.69) is 5.73 Å². The van der Waals surface area contributed by atoms with E-state index in [1.54, 1.807) is 0 Å². The number of carbonyl (C=O) groups is 1. The van der Waals surface area contributed by atoms with E-state index in [1.807, 2.05) is 0 Å². The number of hydrogen-bond donors (Lipinski definition) is 1. The summed E-state index contributed by atoms with van der Waals surface area (Å²) in [6, 6.07) is 0. The van der Waals surface area contributed by atoms with Crippen molar-refractivity contribution in [3.8, 4) is 0 Å². The maximum absolute atomic E-state index is 8.58. The monoisotopic (exact) mass is 225 g/mol. The van der Waals surface area contributed by atoms with Gasteiger partial charge in [-0.3, -0.25) is 4.79 Å². The molecular weight excluding hydrogens is 218 g/mol. The van der Waals surface area contributed by atoms with Crippen LogP contribution in [0.1, 0.15) is 0 Å². The summed E-state index contributed by atoms with van der Waals surface area (Å²) in [6.45, 7) is 0. The van der Waals surface area contributed by atoms with E-state index in [0.29, 0.717) is 0 Å². The Morgan fingerprint density at radius 2 is 1.60 bits per heavy atom. The van der Waals surface area contributed by atoms with Crippen molar-refractivity contribution in [2.45, 2.75) is 0 Å². The van der Waals surface area contributed by atoms with E-state index in [4.69, 9.17) is 4.79 Å². The summed E-state index contributed by atoms with van der Waals surface area (Å²) in [7, 11) is 0. The summed E-state index contributed by atoms with van der Waals surface area (Å²) >= 11 is 0. The first-order chi connectivity index (χ1) is 1.41. The second-order valence-electron chi connectivity index (χ2n) is 0.136. The number of nitrogens with two attached hydrogens (primary N) is 1. The molecule has 0 aromatic heterocycles. The van der Waals surface area contributed by atoms with Gasteiger partial charge in [0.15, 0.2) is 0 Å². The van der Waals surface area contributed by atoms with Gasteiger partial charge >= 0.3 is 100 Å². The van der Waals surface area contributed by atoms with Crippen LogP contribution < -0.4 is 5.73 Å². The van der Waals surface area contributed by atoms with Crippen LogP contribution in [0.25, 0.3) is 0 Å². The van der Waals surface area contributed by atoms with Crippen molar-refractivity contribution in [2.24, 2.45) is 5.73 Å². The van der Waals surface area contributed by atoms with Crippen molar-refractivity contribution in [1.82, 2.24) is 0 Å². The molecule has 0 aliphatic heterocycles. The molecule has 0 heterocycles. The molecule has 4 heteroatoms. The van der Waals surface area contributed by atoms with Crippen LogP contribution in [0.15, 0.2) is 0 Å². The molecule has 0 saturated carbocycles. The molecule has 1 amide bonds. The number of primary amides is 1. The Morgan fingerprint density at radius 3 is 1.60 bits per heavy atom. The van der Waals surface area contributed by atoms with Crippen LogP contribution in [-0.2, 0) is 4.79 Å². The van der Waals surface area contributed by atoms with Crippen LogP contribution in [0.3, 0.4) is 0 Å². The molecule has 0 saturated heterocycles. The van der Waals surface area contributed by atoms with Gasteiger partial charge in [0.2, 0.25) is 6.41 Å². The molecule has 2 N–H and O–H groups in total. The zero-order valence-electron chi connectivity index (χ0n) is 1.56. The molecular formula is CH6BaKNO. The van der Waals surface area contributed by atoms with Gasteiger partial charge in [0.25, 0.3) is 0 Å². The maximum atomic E-state index is 8.58. The third-order valence-corrected chi connectivity index (χ3v) is 0. The van der Waals surface area contributed by atoms with Crippen LogP contribution in [0.4, 0.5) is 0 Å². The predicted molar refractivity (Wildman–Crippen MR) is 25.9 cm³/mol. The average Bonchev–Trinajstić information content (AvgIpc) is 0.918. The molecule has 0 unspecified atom stereocenters. The van der Waals surface area contributed by atoms with Gasteiger partial charge in [-0.25, -0.2) is 0 Å². The molecule has 0 aliphatic rings. The van der Waals surface area contributed by atoms with Gasteiger partial charge in [0.1, 0.15) is 0 Å². The molecule has 24 valence electrons. The molecule has 5 heavy (non-hydrogen) atoms. The first-order valence-corrected chi connectivity index (χ1v) is 0.569. The van der Waals surface area contributed by atoms with E-state index >= 15 is 0 Å². The Balaban J connectivity index is -0.0000000200. The second-order valence-corrected chi connectivity index (χ2v) is 0.136. The van der Waals surface area contributed by atoms with Gasteiger partial charge < -0.3 is 5.73 Å². The van der Waals surface area contributed by atoms with Crippen molar-refractivity contribution in [2.75, 3.05) is 0 Å². The number of hydrogen-bond acceptors (Lipinski definition) is 1. The quantitative estimate of drug-likeness (QED) is 0.360. The zero-order valence-corrected chi connectivity index (χ0v) is 1.56. The van der Waals surface area contributed by atoms with Gasteiger partial charge in [0.05, 0.1) is 0 Å². The Hall–Kier alpha value is 2.68. The average molecular weight is 224 g/mol. The predicted octanol–water partition coefficient (Wildman–Crippen LogP) is -2.46. The van der Waals surface area contributed by atoms with Crippen LogP contribution in [0.5, 0.6) is 0 Å². The standard InChI is InChI=1S/CH3NO.Ba.K.3H/c2-1-3;;;;;/h1H,(H2,2,3);;;;;. The first-order valence-electron chi connectivity index (χ1n) is 0.569. The van der Waals surface area contributed by atoms with Crippen molar-refractivity contribution in [1.29, 1.82) is 0 Å². The summed E-state index contributed by atoms with van der Waals surface area (Å²) in [4.78, 5) is 8.58. The topological polar surface area (TPSA) is 43.1 Å². The van der Waals surface area contributed by atoms with E-state index in [0.717, 1.165) is 0 Å². The number of amides is 1. The molecule has 0 rings (SSSR count). The van der Waals surface area contributed by atoms with Gasteiger partial charge in [-0.2, -0.15) is 0 Å². The fourth-order valence-electron chi connectivity index (χ4n) is 0. The summed E-state index contributed by atoms with van der Waals surface area (Å²) in [5.41, 5.74) is 4.17. The Labute approximate surface area is 114 Å². The zero-order chi connectivity index (χ0) is 2.71. The summed E-state index contributed by atoms with van der Waals surface area (Å²) in [6.07, 6.45) is 0.250. The SMILES string of the molecule is NC=O.[BaH2].[KH]. The first kappa shape index (κ1) is 15.6. The minimum atomic E-state index is 0. The summed E-state index contributed by atoms with van der Waals surface area (Å²) in [5.74, 6) is 0. The van der Waals surface area contributed by atoms with Gasteiger partial charge in [0, 0.05) is 0 Å². The van der Waals surface area contributed by atoms with Crippen molar-refractivity contribution in [3.63, 3.8) is 0 Å². The van der Waals surface area contributed by atoms with Crippen molar-refractivity contribution in [3.05, 3.63) is 0 Å². The second kappa shape index (κ2) is 15.9. The van der Waals surface area contributed by atoms with Crippen molar-refractivity contribution >= 4 is 107 Å². The van der Waals surface area contributed by atoms with Crippen LogP contribution in [-0.4, -0.2) is 107 Å². The Bertz CT molecular complexity index is 19.1. The van der Waals surface area contributed by atoms with E-state index in [9.17, 15) is 0 Å². The molecule has 0 aromatic carbocycles. The molecule has 0 radical (unpaired) electrons. The van der Waals surface area contributed by atoms with E-state index < -0.39 is 0 Å².